The fourth-order valence-corrected chi connectivity index (χ4v) is 3.27. The molecule has 0 amide bonds. The number of rotatable bonds is 6. The van der Waals surface area contributed by atoms with Crippen molar-refractivity contribution in [3.05, 3.63) is 70.4 Å². The maximum atomic E-state index is 11.6. The van der Waals surface area contributed by atoms with Crippen LogP contribution in [0.25, 0.3) is 5.82 Å². The maximum absolute atomic E-state index is 11.6. The number of esters is 1. The SMILES string of the molecule is Cc1c(C(O)CNCc2cnn(-c3cnc(C#N)cn3)c2)ccc2c1COC2=O. The number of hydrogen-bond acceptors (Lipinski definition) is 8. The summed E-state index contributed by atoms with van der Waals surface area (Å²) < 4.78 is 6.63. The van der Waals surface area contributed by atoms with Crippen LogP contribution in [-0.4, -0.2) is 37.4 Å². The van der Waals surface area contributed by atoms with Crippen molar-refractivity contribution in [2.75, 3.05) is 6.54 Å². The second-order valence-corrected chi connectivity index (χ2v) is 6.69. The summed E-state index contributed by atoms with van der Waals surface area (Å²) in [6.45, 7) is 3.00. The first-order valence-corrected chi connectivity index (χ1v) is 9.01. The van der Waals surface area contributed by atoms with Crippen molar-refractivity contribution in [1.82, 2.24) is 25.1 Å². The number of cyclic esters (lactones) is 1. The number of nitrogens with zero attached hydrogens (tertiary/aromatic N) is 5. The Kier molecular flexibility index (Phi) is 5.03. The first kappa shape index (κ1) is 18.7. The number of carbonyl (C=O) groups excluding carboxylic acids is 1. The zero-order chi connectivity index (χ0) is 20.4. The quantitative estimate of drug-likeness (QED) is 0.604. The van der Waals surface area contributed by atoms with E-state index < -0.39 is 6.10 Å². The number of nitriles is 1. The monoisotopic (exact) mass is 390 g/mol. The first-order chi connectivity index (χ1) is 14.1. The molecule has 0 fully saturated rings. The predicted molar refractivity (Wildman–Crippen MR) is 101 cm³/mol. The molecule has 0 saturated carbocycles. The van der Waals surface area contributed by atoms with Crippen molar-refractivity contribution in [2.45, 2.75) is 26.2 Å². The van der Waals surface area contributed by atoms with Crippen LogP contribution in [0.4, 0.5) is 0 Å². The van der Waals surface area contributed by atoms with Crippen molar-refractivity contribution in [2.24, 2.45) is 0 Å². The molecular formula is C20H18N6O3. The lowest BCUT2D eigenvalue weighted by Crippen LogP contribution is -2.21. The Balaban J connectivity index is 1.37. The average Bonchev–Trinajstić information content (AvgIpc) is 3.36. The van der Waals surface area contributed by atoms with Crippen LogP contribution >= 0.6 is 0 Å². The lowest BCUT2D eigenvalue weighted by Gasteiger charge is -2.16. The van der Waals surface area contributed by atoms with Gasteiger partial charge < -0.3 is 15.2 Å². The predicted octanol–water partition coefficient (Wildman–Crippen LogP) is 1.34. The Hall–Kier alpha value is -3.61. The molecule has 3 aromatic rings. The number of hydrogen-bond donors (Lipinski definition) is 2. The van der Waals surface area contributed by atoms with Crippen LogP contribution in [0.2, 0.25) is 0 Å². The highest BCUT2D eigenvalue weighted by Gasteiger charge is 2.25. The highest BCUT2D eigenvalue weighted by atomic mass is 16.5. The van der Waals surface area contributed by atoms with E-state index in [1.165, 1.54) is 12.4 Å². The summed E-state index contributed by atoms with van der Waals surface area (Å²) in [7, 11) is 0. The van der Waals surface area contributed by atoms with Crippen LogP contribution in [0.1, 0.15) is 44.4 Å². The number of benzene rings is 1. The number of fused-ring (bicyclic) bond motifs is 1. The maximum Gasteiger partial charge on any atom is 0.338 e. The Bertz CT molecular complexity index is 1100. The lowest BCUT2D eigenvalue weighted by atomic mass is 9.95. The molecule has 0 bridgehead atoms. The summed E-state index contributed by atoms with van der Waals surface area (Å²) in [6, 6.07) is 5.40. The Labute approximate surface area is 166 Å². The standard InChI is InChI=1S/C20H18N6O3/c1-12-15(2-3-16-17(12)11-29-20(16)28)18(27)8-22-5-13-6-25-26(10-13)19-9-23-14(4-21)7-24-19/h2-3,6-7,9-10,18,22,27H,5,8,11H2,1H3. The highest BCUT2D eigenvalue weighted by molar-refractivity contribution is 5.93. The van der Waals surface area contributed by atoms with Crippen LogP contribution in [0.3, 0.4) is 0 Å². The second-order valence-electron chi connectivity index (χ2n) is 6.69. The van der Waals surface area contributed by atoms with Gasteiger partial charge in [-0.25, -0.2) is 19.4 Å². The molecule has 4 rings (SSSR count). The van der Waals surface area contributed by atoms with Crippen molar-refractivity contribution >= 4 is 5.97 Å². The minimum atomic E-state index is -0.713. The summed E-state index contributed by atoms with van der Waals surface area (Å²) in [6.07, 6.45) is 5.66. The number of aliphatic hydroxyl groups is 1. The molecule has 9 heteroatoms. The van der Waals surface area contributed by atoms with Gasteiger partial charge in [-0.05, 0) is 24.1 Å². The molecule has 2 aromatic heterocycles. The second kappa shape index (κ2) is 7.79. The van der Waals surface area contributed by atoms with Gasteiger partial charge in [-0.3, -0.25) is 0 Å². The number of carbonyl (C=O) groups is 1. The van der Waals surface area contributed by atoms with Gasteiger partial charge in [0.25, 0.3) is 0 Å². The van der Waals surface area contributed by atoms with Crippen molar-refractivity contribution < 1.29 is 14.6 Å². The molecule has 1 aliphatic heterocycles. The van der Waals surface area contributed by atoms with Crippen LogP contribution in [-0.2, 0) is 17.9 Å². The van der Waals surface area contributed by atoms with E-state index in [9.17, 15) is 9.90 Å². The van der Waals surface area contributed by atoms with E-state index in [4.69, 9.17) is 10.00 Å². The first-order valence-electron chi connectivity index (χ1n) is 9.01. The highest BCUT2D eigenvalue weighted by Crippen LogP contribution is 2.28. The molecule has 0 spiro atoms. The van der Waals surface area contributed by atoms with Gasteiger partial charge in [0.15, 0.2) is 11.5 Å². The molecule has 1 aromatic carbocycles. The molecule has 0 saturated heterocycles. The van der Waals surface area contributed by atoms with Crippen LogP contribution in [0.5, 0.6) is 0 Å². The molecule has 3 heterocycles. The van der Waals surface area contributed by atoms with Gasteiger partial charge in [-0.2, -0.15) is 10.4 Å². The van der Waals surface area contributed by atoms with E-state index in [0.717, 1.165) is 22.3 Å². The van der Waals surface area contributed by atoms with Gasteiger partial charge >= 0.3 is 5.97 Å². The molecule has 0 aliphatic carbocycles. The average molecular weight is 390 g/mol. The normalized spacial score (nSPS) is 13.6. The molecule has 1 aliphatic rings. The Morgan fingerprint density at radius 1 is 1.34 bits per heavy atom. The van der Waals surface area contributed by atoms with Gasteiger partial charge in [-0.15, -0.1) is 0 Å². The molecule has 9 nitrogen and oxygen atoms in total. The molecule has 146 valence electrons. The van der Waals surface area contributed by atoms with Gasteiger partial charge in [0.1, 0.15) is 12.7 Å². The summed E-state index contributed by atoms with van der Waals surface area (Å²) >= 11 is 0. The fourth-order valence-electron chi connectivity index (χ4n) is 3.27. The largest absolute Gasteiger partial charge is 0.457 e. The molecule has 0 radical (unpaired) electrons. The minimum absolute atomic E-state index is 0.245. The summed E-state index contributed by atoms with van der Waals surface area (Å²) in [4.78, 5) is 19.8. The summed E-state index contributed by atoms with van der Waals surface area (Å²) in [5.41, 5.74) is 4.23. The van der Waals surface area contributed by atoms with E-state index in [0.29, 0.717) is 24.5 Å². The molecule has 1 unspecified atom stereocenters. The van der Waals surface area contributed by atoms with E-state index in [2.05, 4.69) is 20.4 Å². The summed E-state index contributed by atoms with van der Waals surface area (Å²) in [5, 5.41) is 26.8. The third-order valence-electron chi connectivity index (χ3n) is 4.86. The van der Waals surface area contributed by atoms with Crippen LogP contribution < -0.4 is 5.32 Å². The van der Waals surface area contributed by atoms with Gasteiger partial charge in [0, 0.05) is 30.4 Å². The third kappa shape index (κ3) is 3.71. The zero-order valence-electron chi connectivity index (χ0n) is 15.7. The molecule has 29 heavy (non-hydrogen) atoms. The van der Waals surface area contributed by atoms with E-state index in [-0.39, 0.29) is 18.3 Å². The molecular weight excluding hydrogens is 372 g/mol. The van der Waals surface area contributed by atoms with Gasteiger partial charge in [-0.1, -0.05) is 6.07 Å². The van der Waals surface area contributed by atoms with Crippen molar-refractivity contribution in [3.8, 4) is 11.9 Å². The Morgan fingerprint density at radius 2 is 2.21 bits per heavy atom. The Morgan fingerprint density at radius 3 is 2.97 bits per heavy atom. The zero-order valence-corrected chi connectivity index (χ0v) is 15.7. The third-order valence-corrected chi connectivity index (χ3v) is 4.86. The summed E-state index contributed by atoms with van der Waals surface area (Å²) in [5.74, 6) is 0.201. The van der Waals surface area contributed by atoms with E-state index in [1.807, 2.05) is 13.0 Å². The van der Waals surface area contributed by atoms with Crippen molar-refractivity contribution in [3.63, 3.8) is 0 Å². The molecule has 2 N–H and O–H groups in total. The molecule has 1 atom stereocenters. The van der Waals surface area contributed by atoms with Gasteiger partial charge in [0.05, 0.1) is 30.3 Å². The van der Waals surface area contributed by atoms with Gasteiger partial charge in [0.2, 0.25) is 0 Å². The van der Waals surface area contributed by atoms with Crippen LogP contribution in [0, 0.1) is 18.3 Å². The number of ether oxygens (including phenoxy) is 1. The van der Waals surface area contributed by atoms with Crippen molar-refractivity contribution in [1.29, 1.82) is 5.26 Å². The fraction of sp³-hybridized carbons (Fsp3) is 0.250. The number of aliphatic hydroxyl groups excluding tert-OH is 1. The number of aromatic nitrogens is 4. The number of nitrogens with one attached hydrogen (secondary N) is 1. The minimum Gasteiger partial charge on any atom is -0.457 e. The van der Waals surface area contributed by atoms with E-state index in [1.54, 1.807) is 29.2 Å². The smallest absolute Gasteiger partial charge is 0.338 e. The van der Waals surface area contributed by atoms with E-state index >= 15 is 0 Å². The van der Waals surface area contributed by atoms with Crippen LogP contribution in [0.15, 0.2) is 36.9 Å². The topological polar surface area (TPSA) is 126 Å². The lowest BCUT2D eigenvalue weighted by molar-refractivity contribution is 0.0535.